The minimum Gasteiger partial charge on any atom is -0.484 e. The maximum atomic E-state index is 12.3. The number of benzene rings is 2. The van der Waals surface area contributed by atoms with Gasteiger partial charge in [-0.15, -0.1) is 0 Å². The van der Waals surface area contributed by atoms with Crippen molar-refractivity contribution in [2.45, 2.75) is 52.0 Å². The number of hydrogen-bond donors (Lipinski definition) is 1. The lowest BCUT2D eigenvalue weighted by atomic mass is 9.88. The highest BCUT2D eigenvalue weighted by Gasteiger charge is 2.21. The highest BCUT2D eigenvalue weighted by Crippen LogP contribution is 2.29. The maximum absolute atomic E-state index is 12.3. The number of nitrogens with one attached hydrogen (secondary N) is 1. The van der Waals surface area contributed by atoms with Crippen molar-refractivity contribution in [1.29, 1.82) is 0 Å². The van der Waals surface area contributed by atoms with Crippen LogP contribution in [0.5, 0.6) is 5.75 Å². The summed E-state index contributed by atoms with van der Waals surface area (Å²) in [6.07, 6.45) is 3.20. The number of ether oxygens (including phenoxy) is 1. The molecule has 3 rings (SSSR count). The van der Waals surface area contributed by atoms with E-state index in [1.807, 2.05) is 18.2 Å². The van der Waals surface area contributed by atoms with Crippen molar-refractivity contribution >= 4 is 5.91 Å². The molecule has 0 spiro atoms. The van der Waals surface area contributed by atoms with Gasteiger partial charge in [-0.3, -0.25) is 4.79 Å². The summed E-state index contributed by atoms with van der Waals surface area (Å²) in [7, 11) is 0. The number of rotatable bonds is 5. The zero-order valence-corrected chi connectivity index (χ0v) is 15.3. The highest BCUT2D eigenvalue weighted by molar-refractivity contribution is 5.78. The molecular weight excluding hydrogens is 310 g/mol. The molecule has 1 N–H and O–H groups in total. The Kier molecular flexibility index (Phi) is 5.42. The number of carbonyl (C=O) groups is 1. The molecule has 132 valence electrons. The standard InChI is InChI=1S/C22H27NO2/c1-15(2)19-12-11-18(13-16(19)3)25-14-22(24)23-21-10-6-8-17-7-4-5-9-20(17)21/h4-5,7,9,11-13,15,21H,6,8,10,14H2,1-3H3,(H,23,24)/t21-/m1/s1. The molecule has 25 heavy (non-hydrogen) atoms. The fourth-order valence-corrected chi connectivity index (χ4v) is 3.67. The van der Waals surface area contributed by atoms with Crippen molar-refractivity contribution in [3.05, 3.63) is 64.7 Å². The lowest BCUT2D eigenvalue weighted by molar-refractivity contribution is -0.123. The Morgan fingerprint density at radius 3 is 2.80 bits per heavy atom. The van der Waals surface area contributed by atoms with E-state index in [2.05, 4.69) is 50.4 Å². The summed E-state index contributed by atoms with van der Waals surface area (Å²) in [5, 5.41) is 3.13. The number of hydrogen-bond acceptors (Lipinski definition) is 2. The second kappa shape index (κ2) is 7.73. The number of fused-ring (bicyclic) bond motifs is 1. The molecule has 0 fully saturated rings. The van der Waals surface area contributed by atoms with Gasteiger partial charge in [0, 0.05) is 0 Å². The molecule has 1 aliphatic rings. The van der Waals surface area contributed by atoms with Crippen LogP contribution in [0.4, 0.5) is 0 Å². The van der Waals surface area contributed by atoms with Crippen LogP contribution in [0.2, 0.25) is 0 Å². The Labute approximate surface area is 150 Å². The van der Waals surface area contributed by atoms with E-state index in [1.165, 1.54) is 22.3 Å². The Bertz CT molecular complexity index is 751. The molecule has 1 aliphatic carbocycles. The van der Waals surface area contributed by atoms with Gasteiger partial charge in [-0.1, -0.05) is 44.2 Å². The molecule has 1 atom stereocenters. The summed E-state index contributed by atoms with van der Waals surface area (Å²) in [5.41, 5.74) is 5.11. The van der Waals surface area contributed by atoms with Crippen molar-refractivity contribution in [3.63, 3.8) is 0 Å². The average Bonchev–Trinajstić information content (AvgIpc) is 2.60. The van der Waals surface area contributed by atoms with Crippen LogP contribution >= 0.6 is 0 Å². The first kappa shape index (κ1) is 17.5. The van der Waals surface area contributed by atoms with Gasteiger partial charge in [-0.2, -0.15) is 0 Å². The molecule has 0 radical (unpaired) electrons. The van der Waals surface area contributed by atoms with Crippen LogP contribution in [-0.4, -0.2) is 12.5 Å². The summed E-state index contributed by atoms with van der Waals surface area (Å²) >= 11 is 0. The molecule has 0 bridgehead atoms. The first-order valence-corrected chi connectivity index (χ1v) is 9.15. The number of carbonyl (C=O) groups excluding carboxylic acids is 1. The lowest BCUT2D eigenvalue weighted by Gasteiger charge is -2.26. The summed E-state index contributed by atoms with van der Waals surface area (Å²) in [4.78, 5) is 12.3. The third-order valence-corrected chi connectivity index (χ3v) is 4.94. The van der Waals surface area contributed by atoms with Gasteiger partial charge in [-0.25, -0.2) is 0 Å². The van der Waals surface area contributed by atoms with Gasteiger partial charge in [0.25, 0.3) is 5.91 Å². The van der Waals surface area contributed by atoms with Crippen molar-refractivity contribution in [1.82, 2.24) is 5.32 Å². The quantitative estimate of drug-likeness (QED) is 0.859. The van der Waals surface area contributed by atoms with Gasteiger partial charge in [0.15, 0.2) is 6.61 Å². The molecular formula is C22H27NO2. The normalized spacial score (nSPS) is 16.4. The molecule has 0 unspecified atom stereocenters. The molecule has 0 heterocycles. The minimum absolute atomic E-state index is 0.0547. The zero-order chi connectivity index (χ0) is 17.8. The van der Waals surface area contributed by atoms with Crippen LogP contribution in [0.1, 0.15) is 60.9 Å². The predicted octanol–water partition coefficient (Wildman–Crippen LogP) is 4.69. The van der Waals surface area contributed by atoms with Crippen molar-refractivity contribution in [2.75, 3.05) is 6.61 Å². The van der Waals surface area contributed by atoms with Gasteiger partial charge in [0.1, 0.15) is 5.75 Å². The topological polar surface area (TPSA) is 38.3 Å². The van der Waals surface area contributed by atoms with Crippen LogP contribution in [0.25, 0.3) is 0 Å². The van der Waals surface area contributed by atoms with Gasteiger partial charge >= 0.3 is 0 Å². The number of amides is 1. The molecule has 3 heteroatoms. The SMILES string of the molecule is Cc1cc(OCC(=O)N[C@@H]2CCCc3ccccc32)ccc1C(C)C. The molecule has 2 aromatic rings. The van der Waals surface area contributed by atoms with E-state index >= 15 is 0 Å². The van der Waals surface area contributed by atoms with Crippen LogP contribution in [0.15, 0.2) is 42.5 Å². The van der Waals surface area contributed by atoms with E-state index in [0.29, 0.717) is 5.92 Å². The molecule has 0 saturated heterocycles. The van der Waals surface area contributed by atoms with Gasteiger partial charge in [-0.05, 0) is 66.5 Å². The average molecular weight is 337 g/mol. The van der Waals surface area contributed by atoms with E-state index < -0.39 is 0 Å². The summed E-state index contributed by atoms with van der Waals surface area (Å²) in [6.45, 7) is 6.50. The van der Waals surface area contributed by atoms with E-state index in [9.17, 15) is 4.79 Å². The summed E-state index contributed by atoms with van der Waals surface area (Å²) in [5.74, 6) is 1.18. The lowest BCUT2D eigenvalue weighted by Crippen LogP contribution is -2.34. The van der Waals surface area contributed by atoms with Crippen LogP contribution in [-0.2, 0) is 11.2 Å². The fraction of sp³-hybridized carbons (Fsp3) is 0.409. The summed E-state index contributed by atoms with van der Waals surface area (Å²) in [6, 6.07) is 14.5. The Morgan fingerprint density at radius 1 is 1.24 bits per heavy atom. The van der Waals surface area contributed by atoms with E-state index in [1.54, 1.807) is 0 Å². The van der Waals surface area contributed by atoms with Gasteiger partial charge < -0.3 is 10.1 Å². The zero-order valence-electron chi connectivity index (χ0n) is 15.3. The first-order chi connectivity index (χ1) is 12.0. The van der Waals surface area contributed by atoms with E-state index in [0.717, 1.165) is 25.0 Å². The Balaban J connectivity index is 1.58. The third kappa shape index (κ3) is 4.22. The monoisotopic (exact) mass is 337 g/mol. The minimum atomic E-state index is -0.0627. The van der Waals surface area contributed by atoms with Crippen molar-refractivity contribution in [3.8, 4) is 5.75 Å². The van der Waals surface area contributed by atoms with Gasteiger partial charge in [0.05, 0.1) is 6.04 Å². The second-order valence-electron chi connectivity index (χ2n) is 7.17. The van der Waals surface area contributed by atoms with Crippen molar-refractivity contribution in [2.24, 2.45) is 0 Å². The second-order valence-corrected chi connectivity index (χ2v) is 7.17. The Morgan fingerprint density at radius 2 is 2.04 bits per heavy atom. The molecule has 0 aliphatic heterocycles. The fourth-order valence-electron chi connectivity index (χ4n) is 3.67. The maximum Gasteiger partial charge on any atom is 0.258 e. The predicted molar refractivity (Wildman–Crippen MR) is 101 cm³/mol. The van der Waals surface area contributed by atoms with E-state index in [-0.39, 0.29) is 18.6 Å². The largest absolute Gasteiger partial charge is 0.484 e. The van der Waals surface area contributed by atoms with Crippen LogP contribution < -0.4 is 10.1 Å². The molecule has 0 saturated carbocycles. The first-order valence-electron chi connectivity index (χ1n) is 9.15. The summed E-state index contributed by atoms with van der Waals surface area (Å²) < 4.78 is 5.70. The molecule has 1 amide bonds. The molecule has 0 aromatic heterocycles. The van der Waals surface area contributed by atoms with E-state index in [4.69, 9.17) is 4.74 Å². The third-order valence-electron chi connectivity index (χ3n) is 4.94. The van der Waals surface area contributed by atoms with Crippen LogP contribution in [0.3, 0.4) is 0 Å². The smallest absolute Gasteiger partial charge is 0.258 e. The van der Waals surface area contributed by atoms with Crippen molar-refractivity contribution < 1.29 is 9.53 Å². The van der Waals surface area contributed by atoms with Gasteiger partial charge in [0.2, 0.25) is 0 Å². The molecule has 3 nitrogen and oxygen atoms in total. The Hall–Kier alpha value is -2.29. The number of aryl methyl sites for hydroxylation is 2. The molecule has 2 aromatic carbocycles. The highest BCUT2D eigenvalue weighted by atomic mass is 16.5. The van der Waals surface area contributed by atoms with Crippen LogP contribution in [0, 0.1) is 6.92 Å².